The van der Waals surface area contributed by atoms with E-state index in [0.29, 0.717) is 30.9 Å². The molecule has 1 aliphatic heterocycles. The maximum atomic E-state index is 11.4. The van der Waals surface area contributed by atoms with Crippen molar-refractivity contribution in [1.82, 2.24) is 4.90 Å². The smallest absolute Gasteiger partial charge is 0.293 e. The van der Waals surface area contributed by atoms with E-state index in [-0.39, 0.29) is 23.0 Å². The number of ketones is 1. The summed E-state index contributed by atoms with van der Waals surface area (Å²) in [7, 11) is -2.88. The van der Waals surface area contributed by atoms with Crippen molar-refractivity contribution in [3.05, 3.63) is 33.9 Å². The number of nitrogens with zero attached hydrogens (tertiary/aromatic N) is 2. The molecule has 0 spiro atoms. The quantitative estimate of drug-likeness (QED) is 0.340. The van der Waals surface area contributed by atoms with Crippen molar-refractivity contribution >= 4 is 27.0 Å². The van der Waals surface area contributed by atoms with E-state index >= 15 is 0 Å². The van der Waals surface area contributed by atoms with Gasteiger partial charge in [0, 0.05) is 31.3 Å². The minimum absolute atomic E-state index is 0.119. The van der Waals surface area contributed by atoms with Gasteiger partial charge >= 0.3 is 0 Å². The summed E-state index contributed by atoms with van der Waals surface area (Å²) in [6.07, 6.45) is 0.742. The molecule has 8 nitrogen and oxygen atoms in total. The monoisotopic (exact) mass is 355 g/mol. The van der Waals surface area contributed by atoms with Crippen molar-refractivity contribution in [2.45, 2.75) is 13.3 Å². The fourth-order valence-electron chi connectivity index (χ4n) is 2.55. The van der Waals surface area contributed by atoms with Gasteiger partial charge in [-0.25, -0.2) is 8.42 Å². The molecule has 1 aliphatic rings. The van der Waals surface area contributed by atoms with E-state index in [9.17, 15) is 23.3 Å². The third-order valence-electron chi connectivity index (χ3n) is 4.00. The van der Waals surface area contributed by atoms with E-state index in [1.54, 1.807) is 12.1 Å². The number of carbonyl (C=O) groups excluding carboxylic acids is 1. The van der Waals surface area contributed by atoms with Gasteiger partial charge in [0.25, 0.3) is 5.69 Å². The van der Waals surface area contributed by atoms with Gasteiger partial charge in [-0.15, -0.1) is 0 Å². The second-order valence-electron chi connectivity index (χ2n) is 5.82. The molecule has 24 heavy (non-hydrogen) atoms. The molecule has 132 valence electrons. The molecule has 0 aliphatic carbocycles. The molecule has 1 fully saturated rings. The fourth-order valence-corrected chi connectivity index (χ4v) is 3.83. The molecule has 1 aromatic rings. The van der Waals surface area contributed by atoms with Crippen molar-refractivity contribution in [2.75, 3.05) is 43.0 Å². The van der Waals surface area contributed by atoms with Gasteiger partial charge in [-0.1, -0.05) is 0 Å². The van der Waals surface area contributed by atoms with Crippen molar-refractivity contribution in [1.29, 1.82) is 0 Å². The van der Waals surface area contributed by atoms with E-state index in [1.807, 2.05) is 0 Å². The lowest BCUT2D eigenvalue weighted by molar-refractivity contribution is -0.384. The van der Waals surface area contributed by atoms with Gasteiger partial charge in [0.1, 0.15) is 5.69 Å². The molecule has 1 saturated heterocycles. The summed E-state index contributed by atoms with van der Waals surface area (Å²) < 4.78 is 22.7. The Morgan fingerprint density at radius 2 is 2.00 bits per heavy atom. The van der Waals surface area contributed by atoms with Crippen LogP contribution in [0.1, 0.15) is 23.7 Å². The second kappa shape index (κ2) is 7.71. The highest BCUT2D eigenvalue weighted by atomic mass is 32.2. The maximum Gasteiger partial charge on any atom is 0.293 e. The molecule has 0 amide bonds. The summed E-state index contributed by atoms with van der Waals surface area (Å²) in [4.78, 5) is 24.0. The van der Waals surface area contributed by atoms with Crippen LogP contribution in [0.4, 0.5) is 11.4 Å². The Balaban J connectivity index is 1.86. The highest BCUT2D eigenvalue weighted by Gasteiger charge is 2.21. The number of hydrogen-bond donors (Lipinski definition) is 1. The number of anilines is 1. The van der Waals surface area contributed by atoms with Gasteiger partial charge in [-0.2, -0.15) is 0 Å². The number of Topliss-reactive ketones (excluding diaryl/α,β-unsaturated/α-hetero) is 1. The Kier molecular flexibility index (Phi) is 5.89. The molecule has 0 unspecified atom stereocenters. The highest BCUT2D eigenvalue weighted by molar-refractivity contribution is 7.91. The number of nitro groups is 1. The molecular formula is C15H21N3O5S. The Labute approximate surface area is 140 Å². The van der Waals surface area contributed by atoms with Gasteiger partial charge in [-0.3, -0.25) is 14.9 Å². The van der Waals surface area contributed by atoms with Gasteiger partial charge in [0.2, 0.25) is 0 Å². The number of rotatable bonds is 7. The lowest BCUT2D eigenvalue weighted by Gasteiger charge is -2.26. The molecule has 9 heteroatoms. The molecular weight excluding hydrogens is 334 g/mol. The minimum atomic E-state index is -2.88. The molecule has 1 aromatic carbocycles. The van der Waals surface area contributed by atoms with Crippen LogP contribution in [0.2, 0.25) is 0 Å². The van der Waals surface area contributed by atoms with Crippen molar-refractivity contribution < 1.29 is 18.1 Å². The number of nitro benzene ring substituents is 1. The fraction of sp³-hybridized carbons (Fsp3) is 0.533. The molecule has 0 bridgehead atoms. The average molecular weight is 355 g/mol. The number of nitrogens with one attached hydrogen (secondary N) is 1. The molecule has 0 aromatic heterocycles. The first-order valence-electron chi connectivity index (χ1n) is 7.74. The van der Waals surface area contributed by atoms with Gasteiger partial charge in [0.05, 0.1) is 16.4 Å². The Hall–Kier alpha value is -2.00. The van der Waals surface area contributed by atoms with Gasteiger partial charge in [-0.05, 0) is 32.0 Å². The molecule has 1 heterocycles. The van der Waals surface area contributed by atoms with Crippen molar-refractivity contribution in [2.24, 2.45) is 0 Å². The number of benzene rings is 1. The number of sulfone groups is 1. The number of hydrogen-bond acceptors (Lipinski definition) is 7. The van der Waals surface area contributed by atoms with Crippen LogP contribution in [-0.4, -0.2) is 61.7 Å². The summed E-state index contributed by atoms with van der Waals surface area (Å²) in [6.45, 7) is 3.71. The zero-order chi connectivity index (χ0) is 17.7. The van der Waals surface area contributed by atoms with Crippen LogP contribution in [0.25, 0.3) is 0 Å². The maximum absolute atomic E-state index is 11.4. The summed E-state index contributed by atoms with van der Waals surface area (Å²) >= 11 is 0. The number of carbonyl (C=O) groups is 1. The molecule has 1 N–H and O–H groups in total. The molecule has 0 radical (unpaired) electrons. The zero-order valence-electron chi connectivity index (χ0n) is 13.5. The van der Waals surface area contributed by atoms with Crippen LogP contribution in [0, 0.1) is 10.1 Å². The van der Waals surface area contributed by atoms with E-state index in [2.05, 4.69) is 10.2 Å². The third-order valence-corrected chi connectivity index (χ3v) is 5.61. The van der Waals surface area contributed by atoms with Crippen molar-refractivity contribution in [3.8, 4) is 0 Å². The van der Waals surface area contributed by atoms with Crippen LogP contribution in [0.3, 0.4) is 0 Å². The van der Waals surface area contributed by atoms with E-state index in [4.69, 9.17) is 0 Å². The van der Waals surface area contributed by atoms with Crippen LogP contribution >= 0.6 is 0 Å². The second-order valence-corrected chi connectivity index (χ2v) is 8.12. The first-order chi connectivity index (χ1) is 11.3. The third kappa shape index (κ3) is 5.00. The van der Waals surface area contributed by atoms with E-state index < -0.39 is 14.8 Å². The summed E-state index contributed by atoms with van der Waals surface area (Å²) in [6, 6.07) is 4.38. The van der Waals surface area contributed by atoms with Crippen LogP contribution in [0.5, 0.6) is 0 Å². The lowest BCUT2D eigenvalue weighted by Crippen LogP contribution is -2.41. The summed E-state index contributed by atoms with van der Waals surface area (Å²) in [5.74, 6) is 0.168. The first-order valence-corrected chi connectivity index (χ1v) is 9.57. The predicted octanol–water partition coefficient (Wildman–Crippen LogP) is 1.33. The molecule has 0 saturated carbocycles. The van der Waals surface area contributed by atoms with Crippen LogP contribution in [0.15, 0.2) is 18.2 Å². The zero-order valence-corrected chi connectivity index (χ0v) is 14.3. The Morgan fingerprint density at radius 1 is 1.33 bits per heavy atom. The predicted molar refractivity (Wildman–Crippen MR) is 91.3 cm³/mol. The van der Waals surface area contributed by atoms with E-state index in [0.717, 1.165) is 13.0 Å². The largest absolute Gasteiger partial charge is 0.379 e. The first kappa shape index (κ1) is 18.3. The van der Waals surface area contributed by atoms with Gasteiger partial charge < -0.3 is 10.2 Å². The summed E-state index contributed by atoms with van der Waals surface area (Å²) in [5, 5.41) is 14.1. The van der Waals surface area contributed by atoms with Crippen molar-refractivity contribution in [3.63, 3.8) is 0 Å². The Morgan fingerprint density at radius 3 is 2.58 bits per heavy atom. The normalized spacial score (nSPS) is 17.4. The van der Waals surface area contributed by atoms with Gasteiger partial charge in [0.15, 0.2) is 15.6 Å². The minimum Gasteiger partial charge on any atom is -0.379 e. The topological polar surface area (TPSA) is 110 Å². The molecule has 2 rings (SSSR count). The summed E-state index contributed by atoms with van der Waals surface area (Å²) in [5.41, 5.74) is 0.569. The van der Waals surface area contributed by atoms with E-state index in [1.165, 1.54) is 13.0 Å². The van der Waals surface area contributed by atoms with Crippen LogP contribution < -0.4 is 5.32 Å². The average Bonchev–Trinajstić information content (AvgIpc) is 2.52. The standard InChI is InChI=1S/C15H21N3O5S/c1-12(19)13-3-4-14(15(11-13)18(20)21)16-5-2-6-17-7-9-24(22,23)10-8-17/h3-4,11,16H,2,5-10H2,1H3. The SMILES string of the molecule is CC(=O)c1ccc(NCCCN2CCS(=O)(=O)CC2)c([N+](=O)[O-])c1. The molecule has 0 atom stereocenters. The Bertz CT molecular complexity index is 719. The van der Waals surface area contributed by atoms with Crippen LogP contribution in [-0.2, 0) is 9.84 Å². The highest BCUT2D eigenvalue weighted by Crippen LogP contribution is 2.25. The lowest BCUT2D eigenvalue weighted by atomic mass is 10.1.